The zero-order valence-corrected chi connectivity index (χ0v) is 13.1. The van der Waals surface area contributed by atoms with Crippen LogP contribution >= 0.6 is 0 Å². The molecule has 1 atom stereocenters. The van der Waals surface area contributed by atoms with E-state index in [0.717, 1.165) is 43.4 Å². The number of aryl methyl sites for hydroxylation is 1. The zero-order valence-electron chi connectivity index (χ0n) is 13.1. The molecule has 2 aromatic heterocycles. The zero-order chi connectivity index (χ0) is 15.2. The van der Waals surface area contributed by atoms with Crippen LogP contribution in [0.25, 0.3) is 0 Å². The minimum absolute atomic E-state index is 0.589. The van der Waals surface area contributed by atoms with E-state index in [9.17, 15) is 0 Å². The molecule has 1 aliphatic heterocycles. The molecular weight excluding hydrogens is 274 g/mol. The maximum atomic E-state index is 5.94. The Balaban J connectivity index is 1.50. The number of pyridine rings is 2. The van der Waals surface area contributed by atoms with Gasteiger partial charge in [-0.05, 0) is 44.5 Å². The van der Waals surface area contributed by atoms with Crippen molar-refractivity contribution >= 4 is 0 Å². The first-order valence-electron chi connectivity index (χ1n) is 7.97. The van der Waals surface area contributed by atoms with Crippen molar-refractivity contribution in [2.45, 2.75) is 26.3 Å². The van der Waals surface area contributed by atoms with Crippen LogP contribution in [0, 0.1) is 12.8 Å². The molecule has 0 N–H and O–H groups in total. The number of aromatic nitrogens is 2. The summed E-state index contributed by atoms with van der Waals surface area (Å²) in [6.45, 7) is 5.94. The fourth-order valence-electron chi connectivity index (χ4n) is 2.98. The van der Waals surface area contributed by atoms with Crippen LogP contribution in [0.4, 0.5) is 0 Å². The number of likely N-dealkylation sites (tertiary alicyclic amines) is 1. The van der Waals surface area contributed by atoms with Crippen LogP contribution in [-0.4, -0.2) is 34.6 Å². The largest absolute Gasteiger partial charge is 0.493 e. The van der Waals surface area contributed by atoms with Crippen LogP contribution in [-0.2, 0) is 6.54 Å². The third kappa shape index (κ3) is 4.28. The first-order valence-corrected chi connectivity index (χ1v) is 7.97. The highest BCUT2D eigenvalue weighted by Gasteiger charge is 2.20. The highest BCUT2D eigenvalue weighted by molar-refractivity contribution is 5.21. The van der Waals surface area contributed by atoms with E-state index < -0.39 is 0 Å². The molecule has 1 unspecified atom stereocenters. The molecule has 4 nitrogen and oxygen atoms in total. The van der Waals surface area contributed by atoms with E-state index in [1.807, 2.05) is 31.3 Å². The summed E-state index contributed by atoms with van der Waals surface area (Å²) in [6, 6.07) is 10.0. The van der Waals surface area contributed by atoms with Gasteiger partial charge in [0.1, 0.15) is 5.75 Å². The van der Waals surface area contributed by atoms with Gasteiger partial charge in [0.15, 0.2) is 0 Å². The molecule has 2 aromatic rings. The quantitative estimate of drug-likeness (QED) is 0.850. The molecule has 0 radical (unpaired) electrons. The molecule has 1 fully saturated rings. The van der Waals surface area contributed by atoms with Crippen LogP contribution in [0.15, 0.2) is 42.7 Å². The molecule has 0 saturated carbocycles. The van der Waals surface area contributed by atoms with E-state index in [2.05, 4.69) is 27.0 Å². The number of hydrogen-bond donors (Lipinski definition) is 0. The standard InChI is InChI=1S/C18H23N3O/c1-15-11-18(7-9-19-15)22-14-16-5-4-10-21(12-16)13-17-6-2-3-8-20-17/h2-3,6-9,11,16H,4-5,10,12-14H2,1H3. The van der Waals surface area contributed by atoms with Crippen molar-refractivity contribution in [2.75, 3.05) is 19.7 Å². The fourth-order valence-corrected chi connectivity index (χ4v) is 2.98. The lowest BCUT2D eigenvalue weighted by atomic mass is 9.99. The van der Waals surface area contributed by atoms with Gasteiger partial charge in [0.2, 0.25) is 0 Å². The summed E-state index contributed by atoms with van der Waals surface area (Å²) < 4.78 is 5.94. The highest BCUT2D eigenvalue weighted by Crippen LogP contribution is 2.20. The van der Waals surface area contributed by atoms with Crippen molar-refractivity contribution in [3.8, 4) is 5.75 Å². The van der Waals surface area contributed by atoms with Crippen molar-refractivity contribution in [3.05, 3.63) is 54.1 Å². The Morgan fingerprint density at radius 2 is 2.18 bits per heavy atom. The minimum Gasteiger partial charge on any atom is -0.493 e. The Bertz CT molecular complexity index is 588. The van der Waals surface area contributed by atoms with Gasteiger partial charge in [0, 0.05) is 43.2 Å². The van der Waals surface area contributed by atoms with Crippen molar-refractivity contribution < 1.29 is 4.74 Å². The van der Waals surface area contributed by atoms with Gasteiger partial charge in [-0.15, -0.1) is 0 Å². The lowest BCUT2D eigenvalue weighted by molar-refractivity contribution is 0.124. The summed E-state index contributed by atoms with van der Waals surface area (Å²) in [5.74, 6) is 1.51. The highest BCUT2D eigenvalue weighted by atomic mass is 16.5. The van der Waals surface area contributed by atoms with Crippen LogP contribution < -0.4 is 4.74 Å². The van der Waals surface area contributed by atoms with E-state index in [0.29, 0.717) is 5.92 Å². The van der Waals surface area contributed by atoms with Gasteiger partial charge in [-0.1, -0.05) is 6.07 Å². The Labute approximate surface area is 132 Å². The molecule has 3 heterocycles. The summed E-state index contributed by atoms with van der Waals surface area (Å²) in [5.41, 5.74) is 2.15. The maximum absolute atomic E-state index is 5.94. The van der Waals surface area contributed by atoms with Gasteiger partial charge in [-0.25, -0.2) is 0 Å². The van der Waals surface area contributed by atoms with Crippen molar-refractivity contribution in [2.24, 2.45) is 5.92 Å². The van der Waals surface area contributed by atoms with Gasteiger partial charge < -0.3 is 4.74 Å². The first kappa shape index (κ1) is 15.0. The van der Waals surface area contributed by atoms with Gasteiger partial charge in [0.25, 0.3) is 0 Å². The van der Waals surface area contributed by atoms with Crippen LogP contribution in [0.2, 0.25) is 0 Å². The normalized spacial score (nSPS) is 19.0. The van der Waals surface area contributed by atoms with E-state index >= 15 is 0 Å². The lowest BCUT2D eigenvalue weighted by Crippen LogP contribution is -2.37. The predicted octanol–water partition coefficient (Wildman–Crippen LogP) is 3.08. The number of piperidine rings is 1. The second kappa shape index (κ2) is 7.36. The molecule has 1 saturated heterocycles. The molecule has 22 heavy (non-hydrogen) atoms. The predicted molar refractivity (Wildman–Crippen MR) is 86.7 cm³/mol. The molecule has 116 valence electrons. The van der Waals surface area contributed by atoms with Crippen LogP contribution in [0.5, 0.6) is 5.75 Å². The number of nitrogens with zero attached hydrogens (tertiary/aromatic N) is 3. The molecule has 1 aliphatic rings. The Morgan fingerprint density at radius 3 is 3.00 bits per heavy atom. The van der Waals surface area contributed by atoms with Crippen LogP contribution in [0.1, 0.15) is 24.2 Å². The summed E-state index contributed by atoms with van der Waals surface area (Å²) in [6.07, 6.45) is 6.14. The molecule has 0 aliphatic carbocycles. The van der Waals surface area contributed by atoms with Gasteiger partial charge in [-0.3, -0.25) is 14.9 Å². The maximum Gasteiger partial charge on any atom is 0.122 e. The van der Waals surface area contributed by atoms with Gasteiger partial charge in [0.05, 0.1) is 12.3 Å². The second-order valence-corrected chi connectivity index (χ2v) is 6.01. The molecule has 0 amide bonds. The van der Waals surface area contributed by atoms with Gasteiger partial charge in [-0.2, -0.15) is 0 Å². The molecule has 4 heteroatoms. The monoisotopic (exact) mass is 297 g/mol. The Kier molecular flexibility index (Phi) is 5.01. The molecule has 3 rings (SSSR count). The summed E-state index contributed by atoms with van der Waals surface area (Å²) in [5, 5.41) is 0. The summed E-state index contributed by atoms with van der Waals surface area (Å²) in [7, 11) is 0. The average Bonchev–Trinajstić information content (AvgIpc) is 2.54. The number of ether oxygens (including phenoxy) is 1. The second-order valence-electron chi connectivity index (χ2n) is 6.01. The van der Waals surface area contributed by atoms with E-state index in [4.69, 9.17) is 4.74 Å². The molecular formula is C18H23N3O. The molecule has 0 bridgehead atoms. The van der Waals surface area contributed by atoms with E-state index in [1.54, 1.807) is 6.20 Å². The van der Waals surface area contributed by atoms with Crippen molar-refractivity contribution in [1.29, 1.82) is 0 Å². The van der Waals surface area contributed by atoms with Crippen LogP contribution in [0.3, 0.4) is 0 Å². The Hall–Kier alpha value is -1.94. The molecule has 0 aromatic carbocycles. The third-order valence-electron chi connectivity index (χ3n) is 4.07. The lowest BCUT2D eigenvalue weighted by Gasteiger charge is -2.32. The topological polar surface area (TPSA) is 38.2 Å². The van der Waals surface area contributed by atoms with Crippen molar-refractivity contribution in [3.63, 3.8) is 0 Å². The SMILES string of the molecule is Cc1cc(OCC2CCCN(Cc3ccccn3)C2)ccn1. The Morgan fingerprint density at radius 1 is 1.23 bits per heavy atom. The van der Waals surface area contributed by atoms with E-state index in [-0.39, 0.29) is 0 Å². The van der Waals surface area contributed by atoms with Gasteiger partial charge >= 0.3 is 0 Å². The first-order chi connectivity index (χ1) is 10.8. The summed E-state index contributed by atoms with van der Waals surface area (Å²) in [4.78, 5) is 11.1. The average molecular weight is 297 g/mol. The van der Waals surface area contributed by atoms with Crippen molar-refractivity contribution in [1.82, 2.24) is 14.9 Å². The molecule has 0 spiro atoms. The fraction of sp³-hybridized carbons (Fsp3) is 0.444. The number of hydrogen-bond acceptors (Lipinski definition) is 4. The number of rotatable bonds is 5. The smallest absolute Gasteiger partial charge is 0.122 e. The summed E-state index contributed by atoms with van der Waals surface area (Å²) >= 11 is 0. The minimum atomic E-state index is 0.589. The van der Waals surface area contributed by atoms with E-state index in [1.165, 1.54) is 12.8 Å². The third-order valence-corrected chi connectivity index (χ3v) is 4.07.